The van der Waals surface area contributed by atoms with Gasteiger partial charge in [-0.1, -0.05) is 42.5 Å². The van der Waals surface area contributed by atoms with Gasteiger partial charge >= 0.3 is 0 Å². The molecule has 0 aliphatic carbocycles. The Bertz CT molecular complexity index is 1080. The van der Waals surface area contributed by atoms with Crippen molar-refractivity contribution in [3.05, 3.63) is 89.5 Å². The van der Waals surface area contributed by atoms with E-state index in [-0.39, 0.29) is 24.5 Å². The van der Waals surface area contributed by atoms with Gasteiger partial charge < -0.3 is 19.5 Å². The van der Waals surface area contributed by atoms with Crippen molar-refractivity contribution in [1.29, 1.82) is 0 Å². The summed E-state index contributed by atoms with van der Waals surface area (Å²) < 4.78 is 16.8. The Hall–Kier alpha value is -3.80. The summed E-state index contributed by atoms with van der Waals surface area (Å²) in [6.45, 7) is 2.02. The van der Waals surface area contributed by atoms with Crippen LogP contribution in [0.1, 0.15) is 34.3 Å². The quantitative estimate of drug-likeness (QED) is 0.470. The zero-order valence-electron chi connectivity index (χ0n) is 18.4. The minimum absolute atomic E-state index is 0.0896. The molecule has 0 saturated heterocycles. The second kappa shape index (κ2) is 11.2. The van der Waals surface area contributed by atoms with E-state index in [9.17, 15) is 9.59 Å². The van der Waals surface area contributed by atoms with Crippen molar-refractivity contribution in [2.75, 3.05) is 19.8 Å². The summed E-state index contributed by atoms with van der Waals surface area (Å²) in [4.78, 5) is 24.6. The molecule has 0 fully saturated rings. The standard InChI is InChI=1S/C27H27NO5/c29-24(22-8-12-25-26(18-22)32-17-16-31-25)11-13-27(30)28-15-14-20-6-9-23(10-7-20)33-19-21-4-2-1-3-5-21/h1-10,12,18H,11,13-17,19H2,(H,28,30). The molecule has 6 heteroatoms. The highest BCUT2D eigenvalue weighted by molar-refractivity contribution is 5.98. The number of Topliss-reactive ketones (excluding diaryl/α,β-unsaturated/α-hetero) is 1. The summed E-state index contributed by atoms with van der Waals surface area (Å²) in [6, 6.07) is 23.0. The molecule has 3 aromatic carbocycles. The lowest BCUT2D eigenvalue weighted by molar-refractivity contribution is -0.121. The van der Waals surface area contributed by atoms with Crippen LogP contribution in [0.25, 0.3) is 0 Å². The first-order chi connectivity index (χ1) is 16.2. The number of benzene rings is 3. The van der Waals surface area contributed by atoms with Crippen molar-refractivity contribution in [2.24, 2.45) is 0 Å². The summed E-state index contributed by atoms with van der Waals surface area (Å²) in [6.07, 6.45) is 1.01. The van der Waals surface area contributed by atoms with Crippen LogP contribution in [0.4, 0.5) is 0 Å². The Kier molecular flexibility index (Phi) is 7.59. The lowest BCUT2D eigenvalue weighted by Gasteiger charge is -2.18. The molecule has 4 rings (SSSR count). The maximum Gasteiger partial charge on any atom is 0.220 e. The molecule has 170 valence electrons. The third kappa shape index (κ3) is 6.59. The molecular weight excluding hydrogens is 418 g/mol. The van der Waals surface area contributed by atoms with E-state index in [1.165, 1.54) is 0 Å². The average Bonchev–Trinajstić information content (AvgIpc) is 2.87. The molecule has 1 aliphatic heterocycles. The van der Waals surface area contributed by atoms with Crippen LogP contribution >= 0.6 is 0 Å². The topological polar surface area (TPSA) is 73.9 Å². The number of fused-ring (bicyclic) bond motifs is 1. The fourth-order valence-electron chi connectivity index (χ4n) is 3.52. The van der Waals surface area contributed by atoms with Gasteiger partial charge in [0.1, 0.15) is 25.6 Å². The molecule has 1 heterocycles. The first kappa shape index (κ1) is 22.4. The normalized spacial score (nSPS) is 12.1. The maximum absolute atomic E-state index is 12.4. The van der Waals surface area contributed by atoms with E-state index >= 15 is 0 Å². The summed E-state index contributed by atoms with van der Waals surface area (Å²) >= 11 is 0. The molecule has 33 heavy (non-hydrogen) atoms. The highest BCUT2D eigenvalue weighted by Gasteiger charge is 2.15. The lowest BCUT2D eigenvalue weighted by atomic mass is 10.1. The summed E-state index contributed by atoms with van der Waals surface area (Å²) in [5.41, 5.74) is 2.76. The number of carbonyl (C=O) groups excluding carboxylic acids is 2. The highest BCUT2D eigenvalue weighted by atomic mass is 16.6. The number of ether oxygens (including phenoxy) is 3. The Morgan fingerprint density at radius 3 is 2.36 bits per heavy atom. The fraction of sp³-hybridized carbons (Fsp3) is 0.259. The molecule has 0 spiro atoms. The summed E-state index contributed by atoms with van der Waals surface area (Å²) in [5, 5.41) is 2.88. The van der Waals surface area contributed by atoms with Gasteiger partial charge in [0.15, 0.2) is 17.3 Å². The second-order valence-electron chi connectivity index (χ2n) is 7.80. The van der Waals surface area contributed by atoms with Gasteiger partial charge in [-0.15, -0.1) is 0 Å². The van der Waals surface area contributed by atoms with Gasteiger partial charge in [0, 0.05) is 24.9 Å². The predicted octanol–water partition coefficient (Wildman–Crippen LogP) is 4.36. The van der Waals surface area contributed by atoms with Crippen LogP contribution in [0.2, 0.25) is 0 Å². The minimum atomic E-state index is -0.135. The zero-order valence-corrected chi connectivity index (χ0v) is 18.4. The Morgan fingerprint density at radius 2 is 1.58 bits per heavy atom. The monoisotopic (exact) mass is 445 g/mol. The van der Waals surface area contributed by atoms with Crippen molar-refractivity contribution in [1.82, 2.24) is 5.32 Å². The number of nitrogens with one attached hydrogen (secondary N) is 1. The number of ketones is 1. The molecule has 0 radical (unpaired) electrons. The molecule has 1 amide bonds. The highest BCUT2D eigenvalue weighted by Crippen LogP contribution is 2.31. The van der Waals surface area contributed by atoms with Gasteiger partial charge in [0.2, 0.25) is 5.91 Å². The van der Waals surface area contributed by atoms with E-state index in [0.29, 0.717) is 49.8 Å². The van der Waals surface area contributed by atoms with Crippen LogP contribution in [0.5, 0.6) is 17.2 Å². The van der Waals surface area contributed by atoms with E-state index in [0.717, 1.165) is 16.9 Å². The smallest absolute Gasteiger partial charge is 0.220 e. The first-order valence-corrected chi connectivity index (χ1v) is 11.1. The van der Waals surface area contributed by atoms with E-state index < -0.39 is 0 Å². The van der Waals surface area contributed by atoms with E-state index in [1.54, 1.807) is 18.2 Å². The Morgan fingerprint density at radius 1 is 0.818 bits per heavy atom. The van der Waals surface area contributed by atoms with Gasteiger partial charge in [-0.05, 0) is 47.9 Å². The van der Waals surface area contributed by atoms with Crippen LogP contribution in [0, 0.1) is 0 Å². The Labute approximate surface area is 193 Å². The molecule has 0 atom stereocenters. The Balaban J connectivity index is 1.15. The number of hydrogen-bond donors (Lipinski definition) is 1. The summed E-state index contributed by atoms with van der Waals surface area (Å²) in [7, 11) is 0. The minimum Gasteiger partial charge on any atom is -0.489 e. The van der Waals surface area contributed by atoms with Crippen LogP contribution in [-0.2, 0) is 17.8 Å². The van der Waals surface area contributed by atoms with Crippen LogP contribution in [-0.4, -0.2) is 31.4 Å². The van der Waals surface area contributed by atoms with Crippen molar-refractivity contribution >= 4 is 11.7 Å². The lowest BCUT2D eigenvalue weighted by Crippen LogP contribution is -2.26. The van der Waals surface area contributed by atoms with Crippen LogP contribution in [0.3, 0.4) is 0 Å². The molecule has 0 bridgehead atoms. The molecule has 0 unspecified atom stereocenters. The third-order valence-corrected chi connectivity index (χ3v) is 5.35. The van der Waals surface area contributed by atoms with Crippen molar-refractivity contribution in [3.63, 3.8) is 0 Å². The van der Waals surface area contributed by atoms with Crippen LogP contribution < -0.4 is 19.5 Å². The zero-order chi connectivity index (χ0) is 22.9. The van der Waals surface area contributed by atoms with Crippen molar-refractivity contribution in [3.8, 4) is 17.2 Å². The molecule has 3 aromatic rings. The molecule has 0 saturated carbocycles. The van der Waals surface area contributed by atoms with Crippen LogP contribution in [0.15, 0.2) is 72.8 Å². The van der Waals surface area contributed by atoms with Gasteiger partial charge in [0.05, 0.1) is 0 Å². The van der Waals surface area contributed by atoms with E-state index in [1.807, 2.05) is 54.6 Å². The van der Waals surface area contributed by atoms with Gasteiger partial charge in [-0.3, -0.25) is 9.59 Å². The van der Waals surface area contributed by atoms with E-state index in [2.05, 4.69) is 5.32 Å². The fourth-order valence-corrected chi connectivity index (χ4v) is 3.52. The number of rotatable bonds is 10. The van der Waals surface area contributed by atoms with Gasteiger partial charge in [-0.2, -0.15) is 0 Å². The van der Waals surface area contributed by atoms with Crippen molar-refractivity contribution < 1.29 is 23.8 Å². The molecular formula is C27H27NO5. The van der Waals surface area contributed by atoms with Crippen molar-refractivity contribution in [2.45, 2.75) is 25.9 Å². The molecule has 1 N–H and O–H groups in total. The SMILES string of the molecule is O=C(CCC(=O)c1ccc2c(c1)OCCO2)NCCc1ccc(OCc2ccccc2)cc1. The van der Waals surface area contributed by atoms with Gasteiger partial charge in [-0.25, -0.2) is 0 Å². The summed E-state index contributed by atoms with van der Waals surface area (Å²) in [5.74, 6) is 1.81. The van der Waals surface area contributed by atoms with Gasteiger partial charge in [0.25, 0.3) is 0 Å². The predicted molar refractivity (Wildman–Crippen MR) is 125 cm³/mol. The first-order valence-electron chi connectivity index (χ1n) is 11.1. The largest absolute Gasteiger partial charge is 0.489 e. The maximum atomic E-state index is 12.4. The molecule has 0 aromatic heterocycles. The molecule has 6 nitrogen and oxygen atoms in total. The third-order valence-electron chi connectivity index (χ3n) is 5.35. The average molecular weight is 446 g/mol. The number of hydrogen-bond acceptors (Lipinski definition) is 5. The van der Waals surface area contributed by atoms with E-state index in [4.69, 9.17) is 14.2 Å². The number of amides is 1. The number of carbonyl (C=O) groups is 2. The molecule has 1 aliphatic rings. The second-order valence-corrected chi connectivity index (χ2v) is 7.80.